The monoisotopic (exact) mass is 155 g/mol. The highest BCUT2D eigenvalue weighted by Crippen LogP contribution is 2.29. The van der Waals surface area contributed by atoms with E-state index in [0.717, 1.165) is 0 Å². The molecule has 0 aliphatic rings. The fourth-order valence-corrected chi connectivity index (χ4v) is 0.417. The standard InChI is InChI=1S/C4HF4NO/c5-3-2(4(6,7)8)9-1-10-3/h1H. The summed E-state index contributed by atoms with van der Waals surface area (Å²) in [5.41, 5.74) is -1.62. The second-order valence-electron chi connectivity index (χ2n) is 1.47. The quantitative estimate of drug-likeness (QED) is 0.534. The molecule has 1 rings (SSSR count). The summed E-state index contributed by atoms with van der Waals surface area (Å²) in [5.74, 6) is 0. The number of aromatic nitrogens is 1. The first-order chi connectivity index (χ1) is 4.52. The van der Waals surface area contributed by atoms with Gasteiger partial charge in [0.1, 0.15) is 0 Å². The Morgan fingerprint density at radius 3 is 2.20 bits per heavy atom. The Morgan fingerprint density at radius 1 is 1.40 bits per heavy atom. The van der Waals surface area contributed by atoms with Crippen molar-refractivity contribution >= 4 is 0 Å². The largest absolute Gasteiger partial charge is 0.439 e. The third kappa shape index (κ3) is 1.09. The molecule has 0 saturated carbocycles. The number of hydrogen-bond acceptors (Lipinski definition) is 2. The van der Waals surface area contributed by atoms with Gasteiger partial charge in [-0.1, -0.05) is 0 Å². The molecular weight excluding hydrogens is 154 g/mol. The fraction of sp³-hybridized carbons (Fsp3) is 0.250. The third-order valence-corrected chi connectivity index (χ3v) is 0.793. The van der Waals surface area contributed by atoms with E-state index >= 15 is 0 Å². The Hall–Kier alpha value is -1.07. The van der Waals surface area contributed by atoms with Crippen LogP contribution in [0.25, 0.3) is 0 Å². The number of rotatable bonds is 0. The first kappa shape index (κ1) is 7.04. The topological polar surface area (TPSA) is 26.0 Å². The van der Waals surface area contributed by atoms with Crippen molar-refractivity contribution in [1.82, 2.24) is 4.98 Å². The molecule has 0 aliphatic carbocycles. The first-order valence-electron chi connectivity index (χ1n) is 2.18. The Balaban J connectivity index is 3.05. The van der Waals surface area contributed by atoms with Gasteiger partial charge in [0.05, 0.1) is 0 Å². The summed E-state index contributed by atoms with van der Waals surface area (Å²) in [6, 6.07) is -1.70. The van der Waals surface area contributed by atoms with Gasteiger partial charge in [-0.25, -0.2) is 4.98 Å². The maximum Gasteiger partial charge on any atom is 0.439 e. The maximum absolute atomic E-state index is 11.9. The van der Waals surface area contributed by atoms with Crippen LogP contribution < -0.4 is 0 Å². The summed E-state index contributed by atoms with van der Waals surface area (Å²) in [5, 5.41) is 0. The molecule has 6 heteroatoms. The number of oxazole rings is 1. The molecule has 0 aliphatic heterocycles. The van der Waals surface area contributed by atoms with Crippen LogP contribution in [0.2, 0.25) is 0 Å². The zero-order valence-corrected chi connectivity index (χ0v) is 4.44. The van der Waals surface area contributed by atoms with Crippen molar-refractivity contribution < 1.29 is 22.0 Å². The Kier molecular flexibility index (Phi) is 1.38. The van der Waals surface area contributed by atoms with E-state index in [-0.39, 0.29) is 0 Å². The molecule has 0 spiro atoms. The average Bonchev–Trinajstić information content (AvgIpc) is 2.11. The summed E-state index contributed by atoms with van der Waals surface area (Å²) in [7, 11) is 0. The van der Waals surface area contributed by atoms with Gasteiger partial charge in [-0.2, -0.15) is 17.6 Å². The SMILES string of the molecule is Fc1ocnc1C(F)(F)F. The average molecular weight is 155 g/mol. The van der Waals surface area contributed by atoms with Gasteiger partial charge in [-0.3, -0.25) is 0 Å². The molecular formula is C4HF4NO. The van der Waals surface area contributed by atoms with Crippen molar-refractivity contribution in [2.24, 2.45) is 0 Å². The lowest BCUT2D eigenvalue weighted by Gasteiger charge is -1.98. The van der Waals surface area contributed by atoms with E-state index in [1.165, 1.54) is 0 Å². The molecule has 0 amide bonds. The highest BCUT2D eigenvalue weighted by atomic mass is 19.4. The predicted molar refractivity (Wildman–Crippen MR) is 21.5 cm³/mol. The molecule has 0 radical (unpaired) electrons. The number of nitrogens with zero attached hydrogens (tertiary/aromatic N) is 1. The van der Waals surface area contributed by atoms with Crippen LogP contribution in [0.15, 0.2) is 10.8 Å². The summed E-state index contributed by atoms with van der Waals surface area (Å²) < 4.78 is 50.1. The van der Waals surface area contributed by atoms with Crippen molar-refractivity contribution in [2.45, 2.75) is 6.18 Å². The van der Waals surface area contributed by atoms with Gasteiger partial charge in [0.15, 0.2) is 6.39 Å². The van der Waals surface area contributed by atoms with E-state index in [2.05, 4.69) is 9.40 Å². The van der Waals surface area contributed by atoms with E-state index in [4.69, 9.17) is 0 Å². The normalized spacial score (nSPS) is 12.0. The smallest absolute Gasteiger partial charge is 0.418 e. The predicted octanol–water partition coefficient (Wildman–Crippen LogP) is 1.83. The Bertz CT molecular complexity index is 227. The van der Waals surface area contributed by atoms with Crippen LogP contribution in [0.4, 0.5) is 17.6 Å². The van der Waals surface area contributed by atoms with Crippen LogP contribution in [0, 0.1) is 6.01 Å². The summed E-state index contributed by atoms with van der Waals surface area (Å²) >= 11 is 0. The lowest BCUT2D eigenvalue weighted by Crippen LogP contribution is -2.07. The van der Waals surface area contributed by atoms with Crippen molar-refractivity contribution in [2.75, 3.05) is 0 Å². The number of hydrogen-bond donors (Lipinski definition) is 0. The molecule has 2 nitrogen and oxygen atoms in total. The molecule has 56 valence electrons. The van der Waals surface area contributed by atoms with E-state index in [9.17, 15) is 17.6 Å². The van der Waals surface area contributed by atoms with Crippen LogP contribution >= 0.6 is 0 Å². The molecule has 0 atom stereocenters. The number of halogens is 4. The summed E-state index contributed by atoms with van der Waals surface area (Å²) in [6.07, 6.45) is -4.37. The van der Waals surface area contributed by atoms with Crippen LogP contribution in [-0.2, 0) is 6.18 Å². The Labute approximate surface area is 52.5 Å². The van der Waals surface area contributed by atoms with E-state index in [1.54, 1.807) is 0 Å². The lowest BCUT2D eigenvalue weighted by atomic mass is 10.5. The zero-order chi connectivity index (χ0) is 7.78. The van der Waals surface area contributed by atoms with Crippen LogP contribution in [0.1, 0.15) is 5.69 Å². The summed E-state index contributed by atoms with van der Waals surface area (Å²) in [4.78, 5) is 2.62. The van der Waals surface area contributed by atoms with Crippen LogP contribution in [-0.4, -0.2) is 4.98 Å². The van der Waals surface area contributed by atoms with Gasteiger partial charge >= 0.3 is 12.2 Å². The first-order valence-corrected chi connectivity index (χ1v) is 2.18. The van der Waals surface area contributed by atoms with E-state index in [0.29, 0.717) is 6.39 Å². The second-order valence-corrected chi connectivity index (χ2v) is 1.47. The molecule has 0 saturated heterocycles. The van der Waals surface area contributed by atoms with Crippen LogP contribution in [0.5, 0.6) is 0 Å². The third-order valence-electron chi connectivity index (χ3n) is 0.793. The van der Waals surface area contributed by atoms with Gasteiger partial charge < -0.3 is 4.42 Å². The molecule has 1 aromatic heterocycles. The molecule has 0 aromatic carbocycles. The number of alkyl halides is 3. The fourth-order valence-electron chi connectivity index (χ4n) is 0.417. The van der Waals surface area contributed by atoms with Crippen molar-refractivity contribution in [3.63, 3.8) is 0 Å². The van der Waals surface area contributed by atoms with Crippen molar-refractivity contribution in [3.05, 3.63) is 18.1 Å². The molecule has 0 fully saturated rings. The van der Waals surface area contributed by atoms with Gasteiger partial charge in [0, 0.05) is 0 Å². The summed E-state index contributed by atoms with van der Waals surface area (Å²) in [6.45, 7) is 0. The van der Waals surface area contributed by atoms with E-state index < -0.39 is 17.9 Å². The van der Waals surface area contributed by atoms with E-state index in [1.807, 2.05) is 0 Å². The maximum atomic E-state index is 11.9. The molecule has 0 unspecified atom stereocenters. The molecule has 0 N–H and O–H groups in total. The van der Waals surface area contributed by atoms with Gasteiger partial charge in [0.2, 0.25) is 5.69 Å². The van der Waals surface area contributed by atoms with Crippen LogP contribution in [0.3, 0.4) is 0 Å². The van der Waals surface area contributed by atoms with Crippen molar-refractivity contribution in [3.8, 4) is 0 Å². The highest BCUT2D eigenvalue weighted by Gasteiger charge is 2.38. The molecule has 1 aromatic rings. The minimum atomic E-state index is -4.77. The Morgan fingerprint density at radius 2 is 2.00 bits per heavy atom. The molecule has 1 heterocycles. The van der Waals surface area contributed by atoms with Gasteiger partial charge in [-0.15, -0.1) is 0 Å². The molecule has 10 heavy (non-hydrogen) atoms. The van der Waals surface area contributed by atoms with Gasteiger partial charge in [-0.05, 0) is 0 Å². The zero-order valence-electron chi connectivity index (χ0n) is 4.44. The minimum Gasteiger partial charge on any atom is -0.418 e. The highest BCUT2D eigenvalue weighted by molar-refractivity contribution is 4.98. The lowest BCUT2D eigenvalue weighted by molar-refractivity contribution is -0.144. The molecule has 0 bridgehead atoms. The van der Waals surface area contributed by atoms with Gasteiger partial charge in [0.25, 0.3) is 0 Å². The minimum absolute atomic E-state index is 0.401. The second kappa shape index (κ2) is 1.96. The van der Waals surface area contributed by atoms with Crippen molar-refractivity contribution in [1.29, 1.82) is 0 Å².